The molecule has 0 atom stereocenters. The van der Waals surface area contributed by atoms with Crippen molar-refractivity contribution in [2.45, 2.75) is 0 Å². The molecule has 3 aromatic heterocycles. The molecule has 18 heavy (non-hydrogen) atoms. The third kappa shape index (κ3) is 1.18. The molecule has 3 heterocycles. The van der Waals surface area contributed by atoms with Crippen molar-refractivity contribution < 1.29 is 4.42 Å². The van der Waals surface area contributed by atoms with Crippen molar-refractivity contribution in [1.82, 2.24) is 19.5 Å². The first-order valence-electron chi connectivity index (χ1n) is 5.54. The predicted molar refractivity (Wildman–Crippen MR) is 66.4 cm³/mol. The van der Waals surface area contributed by atoms with Crippen LogP contribution in [-0.4, -0.2) is 19.5 Å². The van der Waals surface area contributed by atoms with E-state index in [-0.39, 0.29) is 0 Å². The monoisotopic (exact) mass is 236 g/mol. The van der Waals surface area contributed by atoms with Crippen LogP contribution < -0.4 is 0 Å². The fourth-order valence-electron chi connectivity index (χ4n) is 2.08. The number of fused-ring (bicyclic) bond motifs is 3. The van der Waals surface area contributed by atoms with Gasteiger partial charge in [0.1, 0.15) is 23.8 Å². The van der Waals surface area contributed by atoms with Gasteiger partial charge in [0.25, 0.3) is 0 Å². The number of nitrogens with zero attached hydrogens (tertiary/aromatic N) is 4. The van der Waals surface area contributed by atoms with E-state index >= 15 is 0 Å². The third-order valence-electron chi connectivity index (χ3n) is 2.89. The van der Waals surface area contributed by atoms with Gasteiger partial charge in [-0.3, -0.25) is 4.57 Å². The molecule has 0 amide bonds. The number of rotatable bonds is 1. The topological polar surface area (TPSA) is 56.7 Å². The molecule has 0 spiro atoms. The second kappa shape index (κ2) is 3.40. The zero-order chi connectivity index (χ0) is 11.9. The Kier molecular flexibility index (Phi) is 1.77. The number of hydrogen-bond donors (Lipinski definition) is 0. The summed E-state index contributed by atoms with van der Waals surface area (Å²) in [5, 5.41) is 0.997. The molecule has 4 aromatic rings. The van der Waals surface area contributed by atoms with Gasteiger partial charge in [0.05, 0.1) is 0 Å². The van der Waals surface area contributed by atoms with Gasteiger partial charge in [-0.05, 0) is 12.1 Å². The Labute approximate surface area is 102 Å². The van der Waals surface area contributed by atoms with E-state index in [0.717, 1.165) is 16.5 Å². The second-order valence-corrected chi connectivity index (χ2v) is 3.94. The quantitative estimate of drug-likeness (QED) is 0.509. The fourth-order valence-corrected chi connectivity index (χ4v) is 2.08. The summed E-state index contributed by atoms with van der Waals surface area (Å²) >= 11 is 0. The van der Waals surface area contributed by atoms with Gasteiger partial charge >= 0.3 is 0 Å². The highest BCUT2D eigenvalue weighted by Crippen LogP contribution is 2.29. The molecular formula is C13H8N4O. The number of hydrogen-bond acceptors (Lipinski definition) is 4. The van der Waals surface area contributed by atoms with E-state index in [1.54, 1.807) is 18.9 Å². The minimum atomic E-state index is 0.678. The Balaban J connectivity index is 2.17. The van der Waals surface area contributed by atoms with Crippen LogP contribution in [0.3, 0.4) is 0 Å². The number of furan rings is 1. The van der Waals surface area contributed by atoms with Gasteiger partial charge in [-0.25, -0.2) is 15.0 Å². The van der Waals surface area contributed by atoms with E-state index in [0.29, 0.717) is 11.4 Å². The molecule has 0 unspecified atom stereocenters. The molecule has 5 nitrogen and oxygen atoms in total. The van der Waals surface area contributed by atoms with Gasteiger partial charge < -0.3 is 4.42 Å². The number of para-hydroxylation sites is 1. The number of aromatic nitrogens is 4. The first-order chi connectivity index (χ1) is 8.93. The van der Waals surface area contributed by atoms with Gasteiger partial charge in [0.15, 0.2) is 11.4 Å². The Bertz CT molecular complexity index is 833. The van der Waals surface area contributed by atoms with Crippen LogP contribution in [0.15, 0.2) is 53.7 Å². The van der Waals surface area contributed by atoms with Crippen LogP contribution in [0, 0.1) is 0 Å². The number of imidazole rings is 1. The highest BCUT2D eigenvalue weighted by molar-refractivity contribution is 6.04. The molecule has 5 heteroatoms. The molecule has 0 radical (unpaired) electrons. The number of benzene rings is 1. The fraction of sp³-hybridized carbons (Fsp3) is 0. The van der Waals surface area contributed by atoms with Crippen molar-refractivity contribution in [3.05, 3.63) is 49.3 Å². The lowest BCUT2D eigenvalue weighted by molar-refractivity contribution is 0.660. The van der Waals surface area contributed by atoms with Crippen molar-refractivity contribution >= 4 is 22.1 Å². The summed E-state index contributed by atoms with van der Waals surface area (Å²) < 4.78 is 7.65. The average molecular weight is 236 g/mol. The molecule has 0 fully saturated rings. The van der Waals surface area contributed by atoms with Gasteiger partial charge in [0, 0.05) is 17.8 Å². The Hall–Kier alpha value is -2.69. The minimum absolute atomic E-state index is 0.678. The minimum Gasteiger partial charge on any atom is -0.450 e. The lowest BCUT2D eigenvalue weighted by Gasteiger charge is -1.99. The lowest BCUT2D eigenvalue weighted by Crippen LogP contribution is -1.95. The van der Waals surface area contributed by atoms with Crippen LogP contribution in [0.2, 0.25) is 0 Å². The average Bonchev–Trinajstić information content (AvgIpc) is 3.05. The molecule has 0 saturated carbocycles. The Morgan fingerprint density at radius 3 is 2.94 bits per heavy atom. The molecule has 0 aliphatic carbocycles. The summed E-state index contributed by atoms with van der Waals surface area (Å²) in [5.41, 5.74) is 2.32. The highest BCUT2D eigenvalue weighted by atomic mass is 16.3. The third-order valence-corrected chi connectivity index (χ3v) is 2.89. The van der Waals surface area contributed by atoms with Gasteiger partial charge in [-0.15, -0.1) is 0 Å². The van der Waals surface area contributed by atoms with Crippen molar-refractivity contribution in [3.8, 4) is 5.82 Å². The van der Waals surface area contributed by atoms with E-state index in [2.05, 4.69) is 15.0 Å². The molecule has 4 rings (SSSR count). The van der Waals surface area contributed by atoms with Gasteiger partial charge in [-0.2, -0.15) is 0 Å². The van der Waals surface area contributed by atoms with Crippen LogP contribution >= 0.6 is 0 Å². The summed E-state index contributed by atoms with van der Waals surface area (Å²) in [6.45, 7) is 0. The summed E-state index contributed by atoms with van der Waals surface area (Å²) in [5.74, 6) is 0.703. The van der Waals surface area contributed by atoms with Crippen molar-refractivity contribution in [3.63, 3.8) is 0 Å². The molecule has 86 valence electrons. The van der Waals surface area contributed by atoms with Gasteiger partial charge in [0.2, 0.25) is 0 Å². The van der Waals surface area contributed by atoms with E-state index in [1.165, 1.54) is 0 Å². The molecule has 0 N–H and O–H groups in total. The molecule has 0 saturated heterocycles. The maximum Gasteiger partial charge on any atom is 0.197 e. The molecular weight excluding hydrogens is 228 g/mol. The summed E-state index contributed by atoms with van der Waals surface area (Å²) in [6.07, 6.45) is 6.76. The van der Waals surface area contributed by atoms with Crippen molar-refractivity contribution in [1.29, 1.82) is 0 Å². The summed E-state index contributed by atoms with van der Waals surface area (Å²) in [4.78, 5) is 12.6. The van der Waals surface area contributed by atoms with E-state index in [9.17, 15) is 0 Å². The highest BCUT2D eigenvalue weighted by Gasteiger charge is 2.13. The predicted octanol–water partition coefficient (Wildman–Crippen LogP) is 2.56. The Morgan fingerprint density at radius 2 is 2.06 bits per heavy atom. The van der Waals surface area contributed by atoms with Crippen LogP contribution in [-0.2, 0) is 0 Å². The maximum absolute atomic E-state index is 5.83. The first-order valence-corrected chi connectivity index (χ1v) is 5.54. The van der Waals surface area contributed by atoms with E-state index in [1.807, 2.05) is 35.0 Å². The van der Waals surface area contributed by atoms with Crippen molar-refractivity contribution in [2.75, 3.05) is 0 Å². The van der Waals surface area contributed by atoms with Crippen LogP contribution in [0.1, 0.15) is 0 Å². The second-order valence-electron chi connectivity index (χ2n) is 3.94. The normalized spacial score (nSPS) is 11.3. The zero-order valence-electron chi connectivity index (χ0n) is 9.32. The molecule has 0 aliphatic heterocycles. The standard InChI is InChI=1S/C13H8N4O/c1-2-4-10-9(3-1)11-12(18-10)13(16-7-15-11)17-6-5-14-8-17/h1-8H. The summed E-state index contributed by atoms with van der Waals surface area (Å²) in [7, 11) is 0. The SMILES string of the molecule is c1ccc2c(c1)oc1c(-n3ccnc3)ncnc12. The largest absolute Gasteiger partial charge is 0.450 e. The maximum atomic E-state index is 5.83. The Morgan fingerprint density at radius 1 is 1.11 bits per heavy atom. The molecule has 0 bridgehead atoms. The lowest BCUT2D eigenvalue weighted by atomic mass is 10.2. The van der Waals surface area contributed by atoms with E-state index < -0.39 is 0 Å². The van der Waals surface area contributed by atoms with Gasteiger partial charge in [-0.1, -0.05) is 12.1 Å². The van der Waals surface area contributed by atoms with Crippen LogP contribution in [0.4, 0.5) is 0 Å². The van der Waals surface area contributed by atoms with Crippen molar-refractivity contribution in [2.24, 2.45) is 0 Å². The smallest absolute Gasteiger partial charge is 0.197 e. The summed E-state index contributed by atoms with van der Waals surface area (Å²) in [6, 6.07) is 7.83. The van der Waals surface area contributed by atoms with Crippen LogP contribution in [0.5, 0.6) is 0 Å². The van der Waals surface area contributed by atoms with E-state index in [4.69, 9.17) is 4.42 Å². The molecule has 1 aromatic carbocycles. The van der Waals surface area contributed by atoms with Crippen LogP contribution in [0.25, 0.3) is 27.9 Å². The molecule has 0 aliphatic rings. The first kappa shape index (κ1) is 9.35. The zero-order valence-corrected chi connectivity index (χ0v) is 9.32.